The fraction of sp³-hybridized carbons (Fsp3) is 0. The molecule has 2 aromatic rings. The maximum atomic E-state index is 13.1. The van der Waals surface area contributed by atoms with E-state index in [-0.39, 0.29) is 16.4 Å². The van der Waals surface area contributed by atoms with Crippen LogP contribution in [0.25, 0.3) is 0 Å². The number of carbonyl (C=O) groups excluding carboxylic acids is 1. The van der Waals surface area contributed by atoms with Gasteiger partial charge in [-0.15, -0.1) is 0 Å². The number of nitrogens with zero attached hydrogens (tertiary/aromatic N) is 1. The molecule has 1 aromatic carbocycles. The highest BCUT2D eigenvalue weighted by Crippen LogP contribution is 2.22. The summed E-state index contributed by atoms with van der Waals surface area (Å²) in [6, 6.07) is 5.02. The summed E-state index contributed by atoms with van der Waals surface area (Å²) in [5.74, 6) is -1.83. The summed E-state index contributed by atoms with van der Waals surface area (Å²) in [7, 11) is 0. The van der Waals surface area contributed by atoms with Crippen molar-refractivity contribution in [3.8, 4) is 5.75 Å². The van der Waals surface area contributed by atoms with E-state index in [1.54, 1.807) is 0 Å². The summed E-state index contributed by atoms with van der Waals surface area (Å²) < 4.78 is 13.7. The number of carbonyl (C=O) groups is 1. The molecule has 0 atom stereocenters. The third-order valence-corrected chi connectivity index (χ3v) is 2.99. The summed E-state index contributed by atoms with van der Waals surface area (Å²) in [6.45, 7) is 0. The van der Waals surface area contributed by atoms with Gasteiger partial charge in [0.15, 0.2) is 11.6 Å². The fourth-order valence-corrected chi connectivity index (χ4v) is 1.89. The predicted octanol–water partition coefficient (Wildman–Crippen LogP) is 3.59. The molecule has 1 aromatic heterocycles. The molecule has 0 unspecified atom stereocenters. The number of anilines is 1. The van der Waals surface area contributed by atoms with Crippen LogP contribution in [0.2, 0.25) is 5.15 Å². The van der Waals surface area contributed by atoms with Crippen molar-refractivity contribution in [2.24, 2.45) is 0 Å². The number of phenols is 1. The maximum Gasteiger partial charge on any atom is 0.258 e. The van der Waals surface area contributed by atoms with E-state index in [1.165, 1.54) is 18.3 Å². The van der Waals surface area contributed by atoms with Crippen LogP contribution in [0.4, 0.5) is 10.1 Å². The zero-order valence-corrected chi connectivity index (χ0v) is 11.7. The number of pyridine rings is 1. The van der Waals surface area contributed by atoms with Gasteiger partial charge in [-0.1, -0.05) is 11.6 Å². The minimum atomic E-state index is -0.823. The lowest BCUT2D eigenvalue weighted by atomic mass is 10.2. The molecule has 4 nitrogen and oxygen atoms in total. The van der Waals surface area contributed by atoms with Crippen LogP contribution >= 0.6 is 27.5 Å². The monoisotopic (exact) mass is 344 g/mol. The first-order valence-corrected chi connectivity index (χ1v) is 6.25. The van der Waals surface area contributed by atoms with Crippen molar-refractivity contribution in [3.05, 3.63) is 51.5 Å². The second kappa shape index (κ2) is 5.54. The molecule has 0 bridgehead atoms. The lowest BCUT2D eigenvalue weighted by Crippen LogP contribution is -2.13. The van der Waals surface area contributed by atoms with Crippen molar-refractivity contribution in [3.63, 3.8) is 0 Å². The van der Waals surface area contributed by atoms with Crippen molar-refractivity contribution in [1.29, 1.82) is 0 Å². The molecule has 0 saturated carbocycles. The van der Waals surface area contributed by atoms with Gasteiger partial charge in [0.25, 0.3) is 5.91 Å². The Bertz CT molecular complexity index is 652. The summed E-state index contributed by atoms with van der Waals surface area (Å²) in [6.07, 6.45) is 1.46. The highest BCUT2D eigenvalue weighted by atomic mass is 79.9. The minimum absolute atomic E-state index is 0.0416. The van der Waals surface area contributed by atoms with E-state index < -0.39 is 17.5 Å². The maximum absolute atomic E-state index is 13.1. The Kier molecular flexibility index (Phi) is 4.01. The number of rotatable bonds is 2. The van der Waals surface area contributed by atoms with Crippen molar-refractivity contribution in [2.45, 2.75) is 0 Å². The van der Waals surface area contributed by atoms with Crippen molar-refractivity contribution < 1.29 is 14.3 Å². The van der Waals surface area contributed by atoms with Gasteiger partial charge in [-0.25, -0.2) is 9.37 Å². The Balaban J connectivity index is 2.25. The average Bonchev–Trinajstić information content (AvgIpc) is 2.36. The number of hydrogen-bond donors (Lipinski definition) is 2. The number of phenolic OH excluding ortho intramolecular Hbond substituents is 1. The van der Waals surface area contributed by atoms with Crippen LogP contribution in [0.1, 0.15) is 10.4 Å². The fourth-order valence-electron chi connectivity index (χ4n) is 1.36. The molecule has 1 heterocycles. The molecule has 1 amide bonds. The molecule has 0 saturated heterocycles. The van der Waals surface area contributed by atoms with Gasteiger partial charge in [0.2, 0.25) is 0 Å². The van der Waals surface area contributed by atoms with E-state index in [1.807, 2.05) is 0 Å². The molecule has 0 aliphatic rings. The molecule has 98 valence electrons. The number of hydrogen-bond acceptors (Lipinski definition) is 3. The smallest absolute Gasteiger partial charge is 0.258 e. The molecule has 0 aliphatic carbocycles. The molecule has 2 rings (SSSR count). The molecule has 0 radical (unpaired) electrons. The van der Waals surface area contributed by atoms with E-state index >= 15 is 0 Å². The van der Waals surface area contributed by atoms with Gasteiger partial charge in [0, 0.05) is 22.4 Å². The topological polar surface area (TPSA) is 62.2 Å². The standard InChI is InChI=1S/C12H7BrClFN2O2/c13-6-3-8(11(14)16-5-6)12(19)17-7-1-2-10(18)9(15)4-7/h1-5,18H,(H,17,19). The van der Waals surface area contributed by atoms with Gasteiger partial charge in [-0.3, -0.25) is 4.79 Å². The Labute approximate surface area is 121 Å². The number of nitrogens with one attached hydrogen (secondary N) is 1. The van der Waals surface area contributed by atoms with Crippen LogP contribution < -0.4 is 5.32 Å². The first kappa shape index (κ1) is 13.8. The molecule has 2 N–H and O–H groups in total. The van der Waals surface area contributed by atoms with Crippen LogP contribution in [0.3, 0.4) is 0 Å². The SMILES string of the molecule is O=C(Nc1ccc(O)c(F)c1)c1cc(Br)cnc1Cl. The second-order valence-electron chi connectivity index (χ2n) is 3.61. The number of amides is 1. The molecule has 7 heteroatoms. The number of benzene rings is 1. The quantitative estimate of drug-likeness (QED) is 0.646. The molecule has 19 heavy (non-hydrogen) atoms. The van der Waals surface area contributed by atoms with Gasteiger partial charge in [0.05, 0.1) is 5.56 Å². The third kappa shape index (κ3) is 3.21. The minimum Gasteiger partial charge on any atom is -0.505 e. The van der Waals surface area contributed by atoms with E-state index in [0.717, 1.165) is 12.1 Å². The van der Waals surface area contributed by atoms with Crippen LogP contribution in [-0.4, -0.2) is 16.0 Å². The average molecular weight is 346 g/mol. The number of halogens is 3. The largest absolute Gasteiger partial charge is 0.505 e. The van der Waals surface area contributed by atoms with Crippen LogP contribution in [0.15, 0.2) is 34.9 Å². The van der Waals surface area contributed by atoms with Crippen LogP contribution in [-0.2, 0) is 0 Å². The van der Waals surface area contributed by atoms with E-state index in [9.17, 15) is 9.18 Å². The Morgan fingerprint density at radius 3 is 2.84 bits per heavy atom. The van der Waals surface area contributed by atoms with Gasteiger partial charge < -0.3 is 10.4 Å². The third-order valence-electron chi connectivity index (χ3n) is 2.26. The van der Waals surface area contributed by atoms with Gasteiger partial charge in [0.1, 0.15) is 5.15 Å². The normalized spacial score (nSPS) is 10.3. The van der Waals surface area contributed by atoms with E-state index in [0.29, 0.717) is 4.47 Å². The molecular weight excluding hydrogens is 338 g/mol. The Morgan fingerprint density at radius 2 is 2.16 bits per heavy atom. The van der Waals surface area contributed by atoms with Crippen LogP contribution in [0, 0.1) is 5.82 Å². The first-order chi connectivity index (χ1) is 8.97. The Hall–Kier alpha value is -1.66. The first-order valence-electron chi connectivity index (χ1n) is 5.08. The highest BCUT2D eigenvalue weighted by Gasteiger charge is 2.13. The van der Waals surface area contributed by atoms with Crippen LogP contribution in [0.5, 0.6) is 5.75 Å². The Morgan fingerprint density at radius 1 is 1.42 bits per heavy atom. The van der Waals surface area contributed by atoms with Crippen molar-refractivity contribution in [1.82, 2.24) is 4.98 Å². The molecule has 0 spiro atoms. The summed E-state index contributed by atoms with van der Waals surface area (Å²) in [5.41, 5.74) is 0.362. The second-order valence-corrected chi connectivity index (χ2v) is 4.89. The summed E-state index contributed by atoms with van der Waals surface area (Å²) in [5, 5.41) is 11.6. The zero-order valence-electron chi connectivity index (χ0n) is 9.32. The summed E-state index contributed by atoms with van der Waals surface area (Å²) in [4.78, 5) is 15.8. The predicted molar refractivity (Wildman–Crippen MR) is 73.0 cm³/mol. The lowest BCUT2D eigenvalue weighted by molar-refractivity contribution is 0.102. The summed E-state index contributed by atoms with van der Waals surface area (Å²) >= 11 is 8.98. The van der Waals surface area contributed by atoms with Gasteiger partial charge in [-0.05, 0) is 34.1 Å². The zero-order chi connectivity index (χ0) is 14.0. The number of aromatic hydroxyl groups is 1. The molecular formula is C12H7BrClFN2O2. The van der Waals surface area contributed by atoms with Gasteiger partial charge >= 0.3 is 0 Å². The van der Waals surface area contributed by atoms with E-state index in [2.05, 4.69) is 26.2 Å². The van der Waals surface area contributed by atoms with Crippen molar-refractivity contribution >= 4 is 39.1 Å². The number of aromatic nitrogens is 1. The molecule has 0 fully saturated rings. The highest BCUT2D eigenvalue weighted by molar-refractivity contribution is 9.10. The van der Waals surface area contributed by atoms with Crippen molar-refractivity contribution in [2.75, 3.05) is 5.32 Å². The molecule has 0 aliphatic heterocycles. The van der Waals surface area contributed by atoms with Gasteiger partial charge in [-0.2, -0.15) is 0 Å². The van der Waals surface area contributed by atoms with E-state index in [4.69, 9.17) is 16.7 Å². The lowest BCUT2D eigenvalue weighted by Gasteiger charge is -2.07.